The number of alkyl carbamates (subject to hydrolysis) is 1. The molecule has 24 heavy (non-hydrogen) atoms. The van der Waals surface area contributed by atoms with Gasteiger partial charge in [0.05, 0.1) is 12.2 Å². The zero-order valence-corrected chi connectivity index (χ0v) is 14.4. The highest BCUT2D eigenvalue weighted by atomic mass is 16.6. The number of aromatic amines is 1. The van der Waals surface area contributed by atoms with Crippen molar-refractivity contribution in [1.29, 1.82) is 0 Å². The summed E-state index contributed by atoms with van der Waals surface area (Å²) in [5.74, 6) is 0. The van der Waals surface area contributed by atoms with Crippen LogP contribution in [0, 0.1) is 0 Å². The van der Waals surface area contributed by atoms with Crippen molar-refractivity contribution in [3.05, 3.63) is 22.7 Å². The number of aryl methyl sites for hydroxylation is 1. The van der Waals surface area contributed by atoms with E-state index in [1.165, 1.54) is 4.57 Å². The van der Waals surface area contributed by atoms with Gasteiger partial charge in [0.25, 0.3) is 0 Å². The number of hydrogen-bond acceptors (Lipinski definition) is 5. The van der Waals surface area contributed by atoms with E-state index in [1.54, 1.807) is 13.2 Å². The van der Waals surface area contributed by atoms with E-state index in [2.05, 4.69) is 20.2 Å². The maximum atomic E-state index is 11.9. The number of fused-ring (bicyclic) bond motifs is 1. The lowest BCUT2D eigenvalue weighted by Crippen LogP contribution is -2.42. The molecule has 2 aromatic heterocycles. The van der Waals surface area contributed by atoms with Crippen molar-refractivity contribution < 1.29 is 9.53 Å². The molecule has 0 aromatic carbocycles. The van der Waals surface area contributed by atoms with Crippen molar-refractivity contribution >= 4 is 22.9 Å². The number of rotatable bonds is 2. The van der Waals surface area contributed by atoms with Crippen molar-refractivity contribution in [2.24, 2.45) is 7.05 Å². The molecule has 2 N–H and O–H groups in total. The van der Waals surface area contributed by atoms with Gasteiger partial charge in [-0.25, -0.2) is 14.6 Å². The lowest BCUT2D eigenvalue weighted by molar-refractivity contribution is 0.101. The van der Waals surface area contributed by atoms with E-state index in [0.717, 1.165) is 18.7 Å². The Bertz CT molecular complexity index is 817. The molecule has 8 heteroatoms. The minimum Gasteiger partial charge on any atom is -0.444 e. The van der Waals surface area contributed by atoms with E-state index in [-0.39, 0.29) is 17.3 Å². The number of carbonyl (C=O) groups is 1. The fraction of sp³-hybridized carbons (Fsp3) is 0.562. The Morgan fingerprint density at radius 2 is 2.21 bits per heavy atom. The first-order valence-corrected chi connectivity index (χ1v) is 8.02. The quantitative estimate of drug-likeness (QED) is 0.866. The molecule has 0 aliphatic carbocycles. The predicted octanol–water partition coefficient (Wildman–Crippen LogP) is 1.36. The summed E-state index contributed by atoms with van der Waals surface area (Å²) < 4.78 is 6.98. The number of carbonyl (C=O) groups excluding carboxylic acids is 1. The minimum atomic E-state index is -0.401. The number of hydrogen-bond donors (Lipinski definition) is 2. The topological polar surface area (TPSA) is 92.3 Å². The van der Waals surface area contributed by atoms with Crippen LogP contribution in [-0.4, -0.2) is 45.4 Å². The molecule has 130 valence electrons. The van der Waals surface area contributed by atoms with Crippen LogP contribution < -0.4 is 15.9 Å². The van der Waals surface area contributed by atoms with Gasteiger partial charge in [-0.3, -0.25) is 4.57 Å². The second kappa shape index (κ2) is 5.85. The molecule has 1 atom stereocenters. The van der Waals surface area contributed by atoms with Crippen LogP contribution in [-0.2, 0) is 11.8 Å². The Labute approximate surface area is 139 Å². The van der Waals surface area contributed by atoms with Crippen LogP contribution in [0.5, 0.6) is 0 Å². The van der Waals surface area contributed by atoms with Crippen LogP contribution >= 0.6 is 0 Å². The Balaban J connectivity index is 1.73. The zero-order chi connectivity index (χ0) is 17.5. The van der Waals surface area contributed by atoms with Crippen LogP contribution in [0.25, 0.3) is 11.2 Å². The predicted molar refractivity (Wildman–Crippen MR) is 91.3 cm³/mol. The number of aromatic nitrogens is 3. The molecule has 0 saturated carbocycles. The van der Waals surface area contributed by atoms with Gasteiger partial charge in [0, 0.05) is 31.7 Å². The number of H-pyrrole nitrogens is 1. The van der Waals surface area contributed by atoms with Crippen LogP contribution in [0.4, 0.5) is 10.5 Å². The third-order valence-electron chi connectivity index (χ3n) is 4.00. The summed E-state index contributed by atoms with van der Waals surface area (Å²) >= 11 is 0. The fourth-order valence-corrected chi connectivity index (χ4v) is 2.90. The Morgan fingerprint density at radius 3 is 2.92 bits per heavy atom. The lowest BCUT2D eigenvalue weighted by atomic mass is 10.1. The smallest absolute Gasteiger partial charge is 0.407 e. The molecule has 0 radical (unpaired) electrons. The summed E-state index contributed by atoms with van der Waals surface area (Å²) in [6.45, 7) is 7.08. The minimum absolute atomic E-state index is 0.175. The summed E-state index contributed by atoms with van der Waals surface area (Å²) in [6.07, 6.45) is 1.86. The lowest BCUT2D eigenvalue weighted by Gasteiger charge is -2.22. The van der Waals surface area contributed by atoms with Gasteiger partial charge >= 0.3 is 11.8 Å². The molecule has 1 saturated heterocycles. The van der Waals surface area contributed by atoms with Crippen LogP contribution in [0.2, 0.25) is 0 Å². The molecule has 1 amide bonds. The Morgan fingerprint density at radius 1 is 1.46 bits per heavy atom. The van der Waals surface area contributed by atoms with Crippen molar-refractivity contribution in [1.82, 2.24) is 19.9 Å². The normalized spacial score (nSPS) is 18.2. The standard InChI is InChI=1S/C16H23N5O3/c1-16(2,3)19-15(23)24-10-6-8-21(9-10)11-5-7-17-13-12(11)18-14(22)20(13)4/h5,7,10H,6,8-9H2,1-4H3,(H,18,22)(H,19,23). The molecule has 2 aromatic rings. The van der Waals surface area contributed by atoms with Crippen LogP contribution in [0.15, 0.2) is 17.1 Å². The molecule has 1 aliphatic heterocycles. The third-order valence-corrected chi connectivity index (χ3v) is 4.00. The average Bonchev–Trinajstić information content (AvgIpc) is 3.03. The second-order valence-corrected chi connectivity index (χ2v) is 7.15. The number of pyridine rings is 1. The zero-order valence-electron chi connectivity index (χ0n) is 14.4. The highest BCUT2D eigenvalue weighted by Gasteiger charge is 2.28. The Kier molecular flexibility index (Phi) is 3.98. The largest absolute Gasteiger partial charge is 0.444 e. The first kappa shape index (κ1) is 16.4. The van der Waals surface area contributed by atoms with Crippen molar-refractivity contribution in [3.8, 4) is 0 Å². The van der Waals surface area contributed by atoms with Crippen molar-refractivity contribution in [3.63, 3.8) is 0 Å². The summed E-state index contributed by atoms with van der Waals surface area (Å²) in [5, 5.41) is 2.80. The molecule has 3 rings (SSSR count). The molecular formula is C16H23N5O3. The molecule has 0 bridgehead atoms. The van der Waals surface area contributed by atoms with Crippen LogP contribution in [0.1, 0.15) is 27.2 Å². The maximum absolute atomic E-state index is 11.9. The van der Waals surface area contributed by atoms with E-state index in [9.17, 15) is 9.59 Å². The average molecular weight is 333 g/mol. The summed E-state index contributed by atoms with van der Waals surface area (Å²) in [6, 6.07) is 1.87. The van der Waals surface area contributed by atoms with Crippen molar-refractivity contribution in [2.75, 3.05) is 18.0 Å². The monoisotopic (exact) mass is 333 g/mol. The van der Waals surface area contributed by atoms with Gasteiger partial charge in [0.15, 0.2) is 5.65 Å². The van der Waals surface area contributed by atoms with Gasteiger partial charge < -0.3 is 19.9 Å². The number of ether oxygens (including phenoxy) is 1. The molecular weight excluding hydrogens is 310 g/mol. The van der Waals surface area contributed by atoms with E-state index in [4.69, 9.17) is 4.74 Å². The summed E-state index contributed by atoms with van der Waals surface area (Å²) in [7, 11) is 1.69. The number of nitrogens with one attached hydrogen (secondary N) is 2. The fourth-order valence-electron chi connectivity index (χ4n) is 2.90. The highest BCUT2D eigenvalue weighted by Crippen LogP contribution is 2.27. The van der Waals surface area contributed by atoms with Gasteiger partial charge in [-0.05, 0) is 26.8 Å². The second-order valence-electron chi connectivity index (χ2n) is 7.15. The van der Waals surface area contributed by atoms with Gasteiger partial charge in [0.2, 0.25) is 0 Å². The van der Waals surface area contributed by atoms with E-state index >= 15 is 0 Å². The highest BCUT2D eigenvalue weighted by molar-refractivity contribution is 5.86. The van der Waals surface area contributed by atoms with Gasteiger partial charge in [-0.2, -0.15) is 0 Å². The Hall–Kier alpha value is -2.51. The number of amides is 1. The van der Waals surface area contributed by atoms with E-state index in [0.29, 0.717) is 17.7 Å². The summed E-state index contributed by atoms with van der Waals surface area (Å²) in [4.78, 5) is 32.9. The van der Waals surface area contributed by atoms with Gasteiger partial charge in [-0.15, -0.1) is 0 Å². The molecule has 8 nitrogen and oxygen atoms in total. The molecule has 1 aliphatic rings. The van der Waals surface area contributed by atoms with Gasteiger partial charge in [-0.1, -0.05) is 0 Å². The molecule has 0 spiro atoms. The maximum Gasteiger partial charge on any atom is 0.407 e. The van der Waals surface area contributed by atoms with Gasteiger partial charge in [0.1, 0.15) is 11.6 Å². The number of anilines is 1. The van der Waals surface area contributed by atoms with Crippen LogP contribution in [0.3, 0.4) is 0 Å². The number of imidazole rings is 1. The summed E-state index contributed by atoms with van der Waals surface area (Å²) in [5.41, 5.74) is 1.72. The first-order valence-electron chi connectivity index (χ1n) is 8.02. The molecule has 1 unspecified atom stereocenters. The van der Waals surface area contributed by atoms with Crippen molar-refractivity contribution in [2.45, 2.75) is 38.8 Å². The number of nitrogens with zero attached hydrogens (tertiary/aromatic N) is 3. The van der Waals surface area contributed by atoms with E-state index < -0.39 is 6.09 Å². The molecule has 1 fully saturated rings. The third kappa shape index (κ3) is 3.22. The van der Waals surface area contributed by atoms with E-state index in [1.807, 2.05) is 26.8 Å². The first-order chi connectivity index (χ1) is 11.2. The molecule has 3 heterocycles. The SMILES string of the molecule is Cn1c(=O)[nH]c2c(N3CCC(OC(=O)NC(C)(C)C)C3)ccnc21.